The van der Waals surface area contributed by atoms with Crippen molar-refractivity contribution in [1.29, 1.82) is 0 Å². The molecule has 1 heterocycles. The van der Waals surface area contributed by atoms with Crippen molar-refractivity contribution < 1.29 is 9.53 Å². The number of rotatable bonds is 2. The van der Waals surface area contributed by atoms with Gasteiger partial charge < -0.3 is 20.7 Å². The van der Waals surface area contributed by atoms with Crippen molar-refractivity contribution in [2.75, 3.05) is 30.4 Å². The highest BCUT2D eigenvalue weighted by atomic mass is 35.5. The molecule has 0 radical (unpaired) electrons. The van der Waals surface area contributed by atoms with Crippen LogP contribution in [0.25, 0.3) is 0 Å². The van der Waals surface area contributed by atoms with Gasteiger partial charge in [0.2, 0.25) is 5.91 Å². The Morgan fingerprint density at radius 1 is 1.38 bits per heavy atom. The molecule has 0 spiro atoms. The maximum Gasteiger partial charge on any atom is 0.229 e. The largest absolute Gasteiger partial charge is 0.490 e. The van der Waals surface area contributed by atoms with Gasteiger partial charge in [-0.25, -0.2) is 0 Å². The number of fused-ring (bicyclic) bond motifs is 1. The molecule has 1 saturated carbocycles. The second kappa shape index (κ2) is 8.28. The fourth-order valence-electron chi connectivity index (χ4n) is 3.45. The molecule has 0 saturated heterocycles. The minimum atomic E-state index is -0.406. The van der Waals surface area contributed by atoms with Crippen molar-refractivity contribution in [1.82, 2.24) is 0 Å². The van der Waals surface area contributed by atoms with Crippen LogP contribution in [0.4, 0.5) is 11.4 Å². The van der Waals surface area contributed by atoms with Crippen LogP contribution in [0.2, 0.25) is 0 Å². The molecule has 1 aliphatic heterocycles. The summed E-state index contributed by atoms with van der Waals surface area (Å²) in [6.07, 6.45) is 3.96. The summed E-state index contributed by atoms with van der Waals surface area (Å²) in [6.45, 7) is 3.54. The lowest BCUT2D eigenvalue weighted by Gasteiger charge is -2.37. The first-order chi connectivity index (χ1) is 10.5. The number of nitrogens with one attached hydrogen (secondary N) is 1. The van der Waals surface area contributed by atoms with Crippen LogP contribution < -0.4 is 20.7 Å². The highest BCUT2D eigenvalue weighted by molar-refractivity contribution is 5.94. The molecule has 1 amide bonds. The number of anilines is 2. The number of hydrogen-bond donors (Lipinski definition) is 2. The number of likely N-dealkylation sites (N-methyl/N-ethyl adjacent to an activating group) is 1. The van der Waals surface area contributed by atoms with E-state index >= 15 is 0 Å². The summed E-state index contributed by atoms with van der Waals surface area (Å²) in [6, 6.07) is 5.79. The van der Waals surface area contributed by atoms with Gasteiger partial charge in [0, 0.05) is 18.3 Å². The zero-order valence-corrected chi connectivity index (χ0v) is 15.8. The molecule has 2 unspecified atom stereocenters. The molecular formula is C17H27Cl2N3O2. The fourth-order valence-corrected chi connectivity index (χ4v) is 3.45. The number of halogens is 2. The van der Waals surface area contributed by atoms with E-state index in [0.717, 1.165) is 49.4 Å². The molecule has 1 aromatic rings. The van der Waals surface area contributed by atoms with Crippen LogP contribution >= 0.6 is 24.8 Å². The summed E-state index contributed by atoms with van der Waals surface area (Å²) >= 11 is 0. The summed E-state index contributed by atoms with van der Waals surface area (Å²) in [5.74, 6) is 0.781. The second-order valence-corrected chi connectivity index (χ2v) is 6.75. The van der Waals surface area contributed by atoms with E-state index < -0.39 is 5.54 Å². The van der Waals surface area contributed by atoms with E-state index in [4.69, 9.17) is 10.5 Å². The molecule has 136 valence electrons. The van der Waals surface area contributed by atoms with Crippen LogP contribution in [0.5, 0.6) is 5.75 Å². The van der Waals surface area contributed by atoms with Gasteiger partial charge in [0.05, 0.1) is 18.2 Å². The number of nitrogens with zero attached hydrogens (tertiary/aromatic N) is 1. The van der Waals surface area contributed by atoms with Crippen molar-refractivity contribution in [3.63, 3.8) is 0 Å². The average molecular weight is 376 g/mol. The summed E-state index contributed by atoms with van der Waals surface area (Å²) in [5.41, 5.74) is 7.74. The van der Waals surface area contributed by atoms with Gasteiger partial charge in [0.15, 0.2) is 0 Å². The Kier molecular flexibility index (Phi) is 7.20. The Labute approximate surface area is 156 Å². The molecule has 24 heavy (non-hydrogen) atoms. The Hall–Kier alpha value is -1.17. The molecule has 1 aliphatic carbocycles. The van der Waals surface area contributed by atoms with Crippen LogP contribution in [-0.4, -0.2) is 31.6 Å². The lowest BCUT2D eigenvalue weighted by Crippen LogP contribution is -2.51. The number of nitrogens with two attached hydrogens (primary N) is 1. The van der Waals surface area contributed by atoms with E-state index in [1.165, 1.54) is 0 Å². The molecular weight excluding hydrogens is 349 g/mol. The lowest BCUT2D eigenvalue weighted by molar-refractivity contribution is -0.122. The second-order valence-electron chi connectivity index (χ2n) is 6.75. The van der Waals surface area contributed by atoms with Crippen LogP contribution in [0, 0.1) is 5.92 Å². The lowest BCUT2D eigenvalue weighted by atomic mass is 9.74. The third kappa shape index (κ3) is 4.26. The molecule has 2 aliphatic rings. The molecule has 1 fully saturated rings. The highest BCUT2D eigenvalue weighted by Gasteiger charge is 2.37. The Morgan fingerprint density at radius 2 is 2.12 bits per heavy atom. The van der Waals surface area contributed by atoms with Crippen LogP contribution in [0.3, 0.4) is 0 Å². The summed E-state index contributed by atoms with van der Waals surface area (Å²) in [4.78, 5) is 14.7. The topological polar surface area (TPSA) is 67.6 Å². The van der Waals surface area contributed by atoms with Gasteiger partial charge >= 0.3 is 0 Å². The minimum absolute atomic E-state index is 0. The Bertz CT molecular complexity index is 581. The van der Waals surface area contributed by atoms with Gasteiger partial charge in [-0.3, -0.25) is 4.79 Å². The van der Waals surface area contributed by atoms with Crippen molar-refractivity contribution in [3.05, 3.63) is 18.2 Å². The molecule has 7 heteroatoms. The number of amides is 1. The predicted molar refractivity (Wildman–Crippen MR) is 103 cm³/mol. The fraction of sp³-hybridized carbons (Fsp3) is 0.588. The van der Waals surface area contributed by atoms with Gasteiger partial charge in [0.1, 0.15) is 12.4 Å². The van der Waals surface area contributed by atoms with E-state index in [-0.39, 0.29) is 36.6 Å². The van der Waals surface area contributed by atoms with Gasteiger partial charge in [-0.1, -0.05) is 12.8 Å². The smallest absolute Gasteiger partial charge is 0.229 e. The standard InChI is InChI=1S/C17H25N3O2.2ClH/c1-17(18)8-4-3-5-13(17)16(21)19-12-6-7-15-14(11-12)20(2)9-10-22-15;;/h6-7,11,13H,3-5,8-10,18H2,1-2H3,(H,19,21);2*1H. The number of benzene rings is 1. The van der Waals surface area contributed by atoms with Gasteiger partial charge in [-0.05, 0) is 38.0 Å². The van der Waals surface area contributed by atoms with Crippen LogP contribution in [0.15, 0.2) is 18.2 Å². The van der Waals surface area contributed by atoms with E-state index in [1.807, 2.05) is 32.2 Å². The van der Waals surface area contributed by atoms with Crippen LogP contribution in [0.1, 0.15) is 32.6 Å². The summed E-state index contributed by atoms with van der Waals surface area (Å²) in [5, 5.41) is 3.04. The molecule has 5 nitrogen and oxygen atoms in total. The Balaban J connectivity index is 0.00000144. The summed E-state index contributed by atoms with van der Waals surface area (Å²) in [7, 11) is 2.03. The van der Waals surface area contributed by atoms with Crippen molar-refractivity contribution in [3.8, 4) is 5.75 Å². The van der Waals surface area contributed by atoms with Crippen molar-refractivity contribution in [2.45, 2.75) is 38.1 Å². The number of ether oxygens (including phenoxy) is 1. The first-order valence-corrected chi connectivity index (χ1v) is 8.05. The predicted octanol–water partition coefficient (Wildman–Crippen LogP) is 3.20. The number of hydrogen-bond acceptors (Lipinski definition) is 4. The normalized spacial score (nSPS) is 25.5. The molecule has 2 atom stereocenters. The van der Waals surface area contributed by atoms with Gasteiger partial charge in [-0.2, -0.15) is 0 Å². The maximum atomic E-state index is 12.6. The molecule has 1 aromatic carbocycles. The van der Waals surface area contributed by atoms with Crippen molar-refractivity contribution in [2.24, 2.45) is 11.7 Å². The van der Waals surface area contributed by atoms with E-state index in [2.05, 4.69) is 10.2 Å². The zero-order valence-electron chi connectivity index (χ0n) is 14.2. The molecule has 3 rings (SSSR count). The highest BCUT2D eigenvalue weighted by Crippen LogP contribution is 2.35. The quantitative estimate of drug-likeness (QED) is 0.832. The third-order valence-electron chi connectivity index (χ3n) is 4.89. The van der Waals surface area contributed by atoms with E-state index in [1.54, 1.807) is 0 Å². The minimum Gasteiger partial charge on any atom is -0.490 e. The SMILES string of the molecule is CN1CCOc2ccc(NC(=O)C3CCCCC3(C)N)cc21.Cl.Cl. The summed E-state index contributed by atoms with van der Waals surface area (Å²) < 4.78 is 5.63. The van der Waals surface area contributed by atoms with E-state index in [0.29, 0.717) is 6.61 Å². The van der Waals surface area contributed by atoms with Crippen molar-refractivity contribution >= 4 is 42.1 Å². The maximum absolute atomic E-state index is 12.6. The average Bonchev–Trinajstić information content (AvgIpc) is 2.47. The number of carbonyl (C=O) groups is 1. The van der Waals surface area contributed by atoms with Gasteiger partial charge in [0.25, 0.3) is 0 Å². The first-order valence-electron chi connectivity index (χ1n) is 8.05. The Morgan fingerprint density at radius 3 is 2.83 bits per heavy atom. The monoisotopic (exact) mass is 375 g/mol. The first kappa shape index (κ1) is 20.9. The number of carbonyl (C=O) groups excluding carboxylic acids is 1. The zero-order chi connectivity index (χ0) is 15.7. The van der Waals surface area contributed by atoms with E-state index in [9.17, 15) is 4.79 Å². The molecule has 0 aromatic heterocycles. The third-order valence-corrected chi connectivity index (χ3v) is 4.89. The molecule has 0 bridgehead atoms. The van der Waals surface area contributed by atoms with Crippen LogP contribution in [-0.2, 0) is 4.79 Å². The van der Waals surface area contributed by atoms with Gasteiger partial charge in [-0.15, -0.1) is 24.8 Å². The molecule has 3 N–H and O–H groups in total.